The number of rotatable bonds is 5. The highest BCUT2D eigenvalue weighted by Gasteiger charge is 2.10. The van der Waals surface area contributed by atoms with E-state index in [1.54, 1.807) is 22.7 Å². The number of aryl methyl sites for hydroxylation is 1. The summed E-state index contributed by atoms with van der Waals surface area (Å²) in [6.45, 7) is 5.63. The van der Waals surface area contributed by atoms with Crippen LogP contribution in [0.4, 0.5) is 11.8 Å². The summed E-state index contributed by atoms with van der Waals surface area (Å²) in [6, 6.07) is 6.07. The first-order chi connectivity index (χ1) is 10.2. The Labute approximate surface area is 136 Å². The van der Waals surface area contributed by atoms with Gasteiger partial charge in [0.15, 0.2) is 0 Å². The van der Waals surface area contributed by atoms with Gasteiger partial charge in [-0.3, -0.25) is 0 Å². The van der Waals surface area contributed by atoms with E-state index in [2.05, 4.69) is 33.6 Å². The van der Waals surface area contributed by atoms with Crippen molar-refractivity contribution < 1.29 is 0 Å². The summed E-state index contributed by atoms with van der Waals surface area (Å²) in [4.78, 5) is 12.5. The van der Waals surface area contributed by atoms with E-state index < -0.39 is 0 Å². The van der Waals surface area contributed by atoms with Gasteiger partial charge in [-0.1, -0.05) is 11.6 Å². The second kappa shape index (κ2) is 6.17. The Kier molecular flexibility index (Phi) is 4.28. The molecule has 4 nitrogen and oxygen atoms in total. The van der Waals surface area contributed by atoms with Crippen LogP contribution in [0.15, 0.2) is 18.2 Å². The number of anilines is 2. The Morgan fingerprint density at radius 1 is 1.19 bits per heavy atom. The number of hydrogen-bond donors (Lipinski definition) is 2. The first kappa shape index (κ1) is 14.6. The van der Waals surface area contributed by atoms with E-state index in [-0.39, 0.29) is 0 Å². The van der Waals surface area contributed by atoms with Crippen molar-refractivity contribution in [2.24, 2.45) is 0 Å². The Balaban J connectivity index is 1.91. The highest BCUT2D eigenvalue weighted by molar-refractivity contribution is 7.18. The lowest BCUT2D eigenvalue weighted by Gasteiger charge is -2.08. The zero-order valence-electron chi connectivity index (χ0n) is 11.7. The lowest BCUT2D eigenvalue weighted by molar-refractivity contribution is 1.09. The Bertz CT molecular complexity index is 766. The van der Waals surface area contributed by atoms with Crippen LogP contribution in [0, 0.1) is 6.92 Å². The molecular formula is C14H15ClN4S2. The minimum Gasteiger partial charge on any atom is -0.364 e. The minimum atomic E-state index is 0.665. The molecule has 0 unspecified atom stereocenters. The van der Waals surface area contributed by atoms with E-state index in [1.807, 2.05) is 19.1 Å². The van der Waals surface area contributed by atoms with Crippen molar-refractivity contribution in [3.8, 4) is 0 Å². The van der Waals surface area contributed by atoms with Gasteiger partial charge in [-0.05, 0) is 32.0 Å². The van der Waals surface area contributed by atoms with Gasteiger partial charge in [-0.2, -0.15) is 4.98 Å². The van der Waals surface area contributed by atoms with Gasteiger partial charge >= 0.3 is 0 Å². The molecular weight excluding hydrogens is 324 g/mol. The minimum absolute atomic E-state index is 0.665. The standard InChI is InChI=1S/C14H15ClN4S2/c1-3-16-14-18-12(10-6-8(2)20-13(10)19-14)17-7-9-4-5-11(15)21-9/h4-6H,3,7H2,1-2H3,(H2,16,17,18,19). The van der Waals surface area contributed by atoms with Gasteiger partial charge in [0, 0.05) is 16.3 Å². The number of fused-ring (bicyclic) bond motifs is 1. The predicted molar refractivity (Wildman–Crippen MR) is 93.0 cm³/mol. The summed E-state index contributed by atoms with van der Waals surface area (Å²) in [5, 5.41) is 7.65. The molecule has 2 N–H and O–H groups in total. The maximum atomic E-state index is 5.96. The van der Waals surface area contributed by atoms with Crippen LogP contribution in [0.2, 0.25) is 4.34 Å². The number of halogens is 1. The maximum absolute atomic E-state index is 5.96. The fraction of sp³-hybridized carbons (Fsp3) is 0.286. The average Bonchev–Trinajstić information content (AvgIpc) is 3.01. The number of aromatic nitrogens is 2. The van der Waals surface area contributed by atoms with Crippen molar-refractivity contribution >= 4 is 56.3 Å². The van der Waals surface area contributed by atoms with Crippen LogP contribution in [-0.4, -0.2) is 16.5 Å². The van der Waals surface area contributed by atoms with Crippen molar-refractivity contribution in [3.05, 3.63) is 32.3 Å². The first-order valence-corrected chi connectivity index (χ1v) is 8.67. The first-order valence-electron chi connectivity index (χ1n) is 6.66. The molecule has 3 aromatic heterocycles. The molecule has 0 aliphatic heterocycles. The molecule has 110 valence electrons. The molecule has 0 aromatic carbocycles. The molecule has 0 aliphatic carbocycles. The van der Waals surface area contributed by atoms with E-state index >= 15 is 0 Å². The molecule has 3 aromatic rings. The fourth-order valence-corrected chi connectivity index (χ4v) is 3.94. The topological polar surface area (TPSA) is 49.8 Å². The van der Waals surface area contributed by atoms with Crippen molar-refractivity contribution in [1.29, 1.82) is 0 Å². The Hall–Kier alpha value is -1.37. The smallest absolute Gasteiger partial charge is 0.226 e. The largest absolute Gasteiger partial charge is 0.364 e. The Morgan fingerprint density at radius 3 is 2.76 bits per heavy atom. The van der Waals surface area contributed by atoms with E-state index in [0.717, 1.165) is 26.9 Å². The SMILES string of the molecule is CCNc1nc(NCc2ccc(Cl)s2)c2cc(C)sc2n1. The zero-order chi connectivity index (χ0) is 14.8. The number of nitrogens with one attached hydrogen (secondary N) is 2. The van der Waals surface area contributed by atoms with Crippen LogP contribution in [0.25, 0.3) is 10.2 Å². The highest BCUT2D eigenvalue weighted by Crippen LogP contribution is 2.30. The molecule has 0 amide bonds. The van der Waals surface area contributed by atoms with Crippen LogP contribution >= 0.6 is 34.3 Å². The molecule has 0 bridgehead atoms. The summed E-state index contributed by atoms with van der Waals surface area (Å²) in [6.07, 6.45) is 0. The van der Waals surface area contributed by atoms with E-state index in [1.165, 1.54) is 9.75 Å². The predicted octanol–water partition coefficient (Wildman–Crippen LogP) is 4.76. The fourth-order valence-electron chi connectivity index (χ4n) is 2.03. The molecule has 0 spiro atoms. The van der Waals surface area contributed by atoms with Gasteiger partial charge in [-0.15, -0.1) is 22.7 Å². The molecule has 0 aliphatic rings. The number of hydrogen-bond acceptors (Lipinski definition) is 6. The zero-order valence-corrected chi connectivity index (χ0v) is 14.1. The third kappa shape index (κ3) is 3.28. The molecule has 0 atom stereocenters. The van der Waals surface area contributed by atoms with Crippen molar-refractivity contribution in [2.75, 3.05) is 17.2 Å². The van der Waals surface area contributed by atoms with Gasteiger partial charge < -0.3 is 10.6 Å². The van der Waals surface area contributed by atoms with E-state index in [4.69, 9.17) is 11.6 Å². The van der Waals surface area contributed by atoms with Crippen LogP contribution in [-0.2, 0) is 6.54 Å². The lowest BCUT2D eigenvalue weighted by atomic mass is 10.3. The molecule has 21 heavy (non-hydrogen) atoms. The molecule has 3 heterocycles. The molecule has 0 fully saturated rings. The third-order valence-corrected chi connectivity index (χ3v) is 5.09. The van der Waals surface area contributed by atoms with Crippen LogP contribution in [0.1, 0.15) is 16.7 Å². The number of nitrogens with zero attached hydrogens (tertiary/aromatic N) is 2. The van der Waals surface area contributed by atoms with Crippen molar-refractivity contribution in [1.82, 2.24) is 9.97 Å². The normalized spacial score (nSPS) is 11.0. The second-order valence-electron chi connectivity index (χ2n) is 4.56. The summed E-state index contributed by atoms with van der Waals surface area (Å²) in [5.74, 6) is 1.53. The van der Waals surface area contributed by atoms with Gasteiger partial charge in [-0.25, -0.2) is 4.98 Å². The monoisotopic (exact) mass is 338 g/mol. The van der Waals surface area contributed by atoms with Gasteiger partial charge in [0.25, 0.3) is 0 Å². The van der Waals surface area contributed by atoms with Crippen LogP contribution in [0.3, 0.4) is 0 Å². The summed E-state index contributed by atoms with van der Waals surface area (Å²) >= 11 is 9.22. The van der Waals surface area contributed by atoms with Crippen molar-refractivity contribution in [3.63, 3.8) is 0 Å². The summed E-state index contributed by atoms with van der Waals surface area (Å²) < 4.78 is 0.805. The molecule has 0 radical (unpaired) electrons. The molecule has 0 saturated carbocycles. The quantitative estimate of drug-likeness (QED) is 0.704. The average molecular weight is 339 g/mol. The lowest BCUT2D eigenvalue weighted by Crippen LogP contribution is -2.06. The second-order valence-corrected chi connectivity index (χ2v) is 7.60. The van der Waals surface area contributed by atoms with E-state index in [9.17, 15) is 0 Å². The molecule has 7 heteroatoms. The van der Waals surface area contributed by atoms with Crippen molar-refractivity contribution in [2.45, 2.75) is 20.4 Å². The third-order valence-electron chi connectivity index (χ3n) is 2.91. The van der Waals surface area contributed by atoms with Gasteiger partial charge in [0.05, 0.1) is 16.3 Å². The molecule has 3 rings (SSSR count). The Morgan fingerprint density at radius 2 is 2.05 bits per heavy atom. The van der Waals surface area contributed by atoms with Crippen LogP contribution in [0.5, 0.6) is 0 Å². The van der Waals surface area contributed by atoms with Crippen LogP contribution < -0.4 is 10.6 Å². The summed E-state index contributed by atoms with van der Waals surface area (Å²) in [5.41, 5.74) is 0. The van der Waals surface area contributed by atoms with E-state index in [0.29, 0.717) is 12.5 Å². The van der Waals surface area contributed by atoms with Gasteiger partial charge in [0.1, 0.15) is 10.6 Å². The highest BCUT2D eigenvalue weighted by atomic mass is 35.5. The van der Waals surface area contributed by atoms with Gasteiger partial charge in [0.2, 0.25) is 5.95 Å². The molecule has 0 saturated heterocycles. The number of thiophene rings is 2. The summed E-state index contributed by atoms with van der Waals surface area (Å²) in [7, 11) is 0. The maximum Gasteiger partial charge on any atom is 0.226 e.